The molecular formula is C37H39BOS. The van der Waals surface area contributed by atoms with Crippen LogP contribution in [0.2, 0.25) is 6.32 Å². The summed E-state index contributed by atoms with van der Waals surface area (Å²) in [7, 11) is 0. The molecule has 0 aliphatic carbocycles. The molecule has 5 rings (SSSR count). The van der Waals surface area contributed by atoms with Crippen molar-refractivity contribution in [2.75, 3.05) is 5.75 Å². The Kier molecular flexibility index (Phi) is 10.6. The monoisotopic (exact) mass is 542 g/mol. The first kappa shape index (κ1) is 29.2. The number of hydrogen-bond acceptors (Lipinski definition) is 1. The summed E-state index contributed by atoms with van der Waals surface area (Å²) in [4.78, 5) is 11.8. The van der Waals surface area contributed by atoms with Crippen LogP contribution in [0.5, 0.6) is 0 Å². The van der Waals surface area contributed by atoms with Gasteiger partial charge in [-0.05, 0) is 30.7 Å². The van der Waals surface area contributed by atoms with Crippen LogP contribution < -0.4 is 16.4 Å². The molecule has 0 amide bonds. The maximum atomic E-state index is 11.8. The average molecular weight is 543 g/mol. The Morgan fingerprint density at radius 1 is 0.625 bits per heavy atom. The van der Waals surface area contributed by atoms with Gasteiger partial charge in [0, 0.05) is 5.56 Å². The summed E-state index contributed by atoms with van der Waals surface area (Å²) in [6, 6.07) is 49.1. The van der Waals surface area contributed by atoms with Crippen molar-refractivity contribution in [1.82, 2.24) is 0 Å². The summed E-state index contributed by atoms with van der Waals surface area (Å²) in [5.74, 6) is 0.459. The lowest BCUT2D eigenvalue weighted by atomic mass is 9.14. The van der Waals surface area contributed by atoms with E-state index in [1.807, 2.05) is 24.3 Å². The van der Waals surface area contributed by atoms with Crippen molar-refractivity contribution in [2.24, 2.45) is 0 Å². The number of aryl methyl sites for hydroxylation is 1. The highest BCUT2D eigenvalue weighted by Gasteiger charge is 2.28. The summed E-state index contributed by atoms with van der Waals surface area (Å²) >= 11 is 3.27. The second kappa shape index (κ2) is 14.5. The van der Waals surface area contributed by atoms with Crippen molar-refractivity contribution < 1.29 is 4.79 Å². The molecule has 0 atom stereocenters. The number of Topliss-reactive ketones (excluding diaryl/α,β-unsaturated/α-hetero) is 1. The van der Waals surface area contributed by atoms with Gasteiger partial charge in [0.1, 0.15) is 0 Å². The van der Waals surface area contributed by atoms with Gasteiger partial charge in [0.15, 0.2) is 5.75 Å². The van der Waals surface area contributed by atoms with Crippen LogP contribution in [-0.4, -0.2) is 17.7 Å². The van der Waals surface area contributed by atoms with Crippen LogP contribution in [0.4, 0.5) is 0 Å². The largest absolute Gasteiger partial charge is 0.289 e. The van der Waals surface area contributed by atoms with Gasteiger partial charge in [0.25, 0.3) is 0 Å². The van der Waals surface area contributed by atoms with E-state index in [-0.39, 0.29) is 5.78 Å². The molecular weight excluding hydrogens is 503 g/mol. The third-order valence-corrected chi connectivity index (χ3v) is 8.17. The molecule has 0 heterocycles. The Hall–Kier alpha value is -3.82. The third-order valence-electron chi connectivity index (χ3n) is 7.85. The molecule has 0 aliphatic rings. The minimum atomic E-state index is -0.913. The fraction of sp³-hybridized carbons (Fsp3) is 0.162. The van der Waals surface area contributed by atoms with Crippen molar-refractivity contribution in [2.45, 2.75) is 33.0 Å². The Morgan fingerprint density at radius 2 is 1.07 bits per heavy atom. The third kappa shape index (κ3) is 6.84. The van der Waals surface area contributed by atoms with Crippen molar-refractivity contribution in [1.29, 1.82) is 0 Å². The van der Waals surface area contributed by atoms with Gasteiger partial charge in [-0.3, -0.25) is 4.79 Å². The van der Waals surface area contributed by atoms with E-state index in [0.717, 1.165) is 16.7 Å². The molecule has 3 heteroatoms. The Bertz CT molecular complexity index is 1370. The first-order valence-electron chi connectivity index (χ1n) is 14.3. The number of rotatable bonds is 9. The van der Waals surface area contributed by atoms with E-state index < -0.39 is 6.15 Å². The van der Waals surface area contributed by atoms with Crippen LogP contribution in [0.15, 0.2) is 140 Å². The summed E-state index contributed by atoms with van der Waals surface area (Å²) in [6.45, 7) is 4.33. The lowest BCUT2D eigenvalue weighted by Crippen LogP contribution is -2.66. The van der Waals surface area contributed by atoms with Gasteiger partial charge in [-0.25, -0.2) is 0 Å². The number of ketones is 1. The molecule has 202 valence electrons. The van der Waals surface area contributed by atoms with Crippen molar-refractivity contribution in [3.63, 3.8) is 0 Å². The zero-order valence-corrected chi connectivity index (χ0v) is 24.6. The van der Waals surface area contributed by atoms with Crippen molar-refractivity contribution >= 4 is 40.9 Å². The molecule has 0 spiro atoms. The first-order valence-corrected chi connectivity index (χ1v) is 15.0. The minimum Gasteiger partial charge on any atom is -0.289 e. The van der Waals surface area contributed by atoms with Crippen LogP contribution >= 0.6 is 0 Å². The van der Waals surface area contributed by atoms with E-state index in [0.29, 0.717) is 5.75 Å². The quantitative estimate of drug-likeness (QED) is 0.114. The second-order valence-electron chi connectivity index (χ2n) is 10.4. The van der Waals surface area contributed by atoms with Gasteiger partial charge in [-0.15, -0.1) is 0 Å². The maximum Gasteiger partial charge on any atom is 0.212 e. The molecule has 0 N–H and O–H groups in total. The molecule has 0 fully saturated rings. The zero-order chi connectivity index (χ0) is 28.2. The highest BCUT2D eigenvalue weighted by atomic mass is 32.1. The molecule has 5 aromatic carbocycles. The molecule has 1 nitrogen and oxygen atoms in total. The Morgan fingerprint density at radius 3 is 1.52 bits per heavy atom. The Balaban J connectivity index is 0.000000194. The number of carbonyl (C=O) groups excluding carboxylic acids is 1. The predicted octanol–water partition coefficient (Wildman–Crippen LogP) is 6.81. The summed E-state index contributed by atoms with van der Waals surface area (Å²) in [6.07, 6.45) is 2.73. The number of benzene rings is 5. The highest BCUT2D eigenvalue weighted by molar-refractivity contribution is 7.59. The lowest BCUT2D eigenvalue weighted by molar-refractivity contribution is 0.102. The molecule has 5 aromatic rings. The molecule has 0 saturated carbocycles. The van der Waals surface area contributed by atoms with Gasteiger partial charge in [0.05, 0.1) is 6.15 Å². The summed E-state index contributed by atoms with van der Waals surface area (Å²) in [5, 5.41) is 0. The zero-order valence-electron chi connectivity index (χ0n) is 23.6. The Labute approximate surface area is 245 Å². The standard InChI is InChI=1S/C22H24B.C15H14OS/c1-2-3-19-23(20-13-7-4-8-14-20,21-15-9-5-10-16-21)22-17-11-6-12-18-22;1-11-6-8-12(9-7-11)13-4-2-3-5-14(13)15(16)10-17/h4-18H,2-3,19H2,1H3;2-9,17H,10H2,1H3/q-1;/p+1. The SMILES string of the molecule is CCCC[B-](c1ccccc1)(c1ccccc1)c1ccccc1.Cc1ccc(-c2ccccc2C(=O)C[SH2+])cc1. The molecule has 0 unspecified atom stereocenters. The van der Waals surface area contributed by atoms with Crippen LogP contribution in [0.25, 0.3) is 11.1 Å². The van der Waals surface area contributed by atoms with Crippen LogP contribution in [-0.2, 0) is 12.6 Å². The van der Waals surface area contributed by atoms with E-state index in [9.17, 15) is 4.79 Å². The van der Waals surface area contributed by atoms with E-state index >= 15 is 0 Å². The average Bonchev–Trinajstić information content (AvgIpc) is 3.03. The van der Waals surface area contributed by atoms with Gasteiger partial charge in [0.2, 0.25) is 5.78 Å². The number of hydrogen-bond donors (Lipinski definition) is 0. The predicted molar refractivity (Wildman–Crippen MR) is 180 cm³/mol. The topological polar surface area (TPSA) is 17.1 Å². The van der Waals surface area contributed by atoms with Crippen LogP contribution in [0.3, 0.4) is 0 Å². The van der Waals surface area contributed by atoms with E-state index in [4.69, 9.17) is 0 Å². The fourth-order valence-electron chi connectivity index (χ4n) is 5.74. The first-order chi connectivity index (χ1) is 19.6. The molecule has 40 heavy (non-hydrogen) atoms. The fourth-order valence-corrected chi connectivity index (χ4v) is 5.93. The molecule has 0 radical (unpaired) electrons. The summed E-state index contributed by atoms with van der Waals surface area (Å²) < 4.78 is 0. The molecule has 0 saturated heterocycles. The number of unbranched alkanes of at least 4 members (excludes halogenated alkanes) is 1. The molecule has 0 aromatic heterocycles. The van der Waals surface area contributed by atoms with Gasteiger partial charge in [-0.1, -0.05) is 165 Å². The van der Waals surface area contributed by atoms with Gasteiger partial charge >= 0.3 is 0 Å². The molecule has 0 bridgehead atoms. The van der Waals surface area contributed by atoms with Gasteiger partial charge in [-0.2, -0.15) is 22.7 Å². The normalized spacial score (nSPS) is 10.9. The van der Waals surface area contributed by atoms with Crippen molar-refractivity contribution in [3.8, 4) is 11.1 Å². The van der Waals surface area contributed by atoms with Crippen LogP contribution in [0, 0.1) is 6.92 Å². The van der Waals surface area contributed by atoms with E-state index in [1.54, 1.807) is 0 Å². The smallest absolute Gasteiger partial charge is 0.212 e. The van der Waals surface area contributed by atoms with Gasteiger partial charge < -0.3 is 0 Å². The maximum absolute atomic E-state index is 11.8. The second-order valence-corrected chi connectivity index (χ2v) is 10.8. The minimum absolute atomic E-state index is 0.109. The molecule has 0 aliphatic heterocycles. The number of carbonyl (C=O) groups is 1. The lowest BCUT2D eigenvalue weighted by Gasteiger charge is -2.43. The van der Waals surface area contributed by atoms with E-state index in [1.165, 1.54) is 41.1 Å². The van der Waals surface area contributed by atoms with E-state index in [2.05, 4.69) is 142 Å². The highest BCUT2D eigenvalue weighted by Crippen LogP contribution is 2.24. The summed E-state index contributed by atoms with van der Waals surface area (Å²) in [5.41, 5.74) is 8.40. The van der Waals surface area contributed by atoms with Crippen LogP contribution in [0.1, 0.15) is 35.7 Å². The van der Waals surface area contributed by atoms with Crippen molar-refractivity contribution in [3.05, 3.63) is 151 Å².